The van der Waals surface area contributed by atoms with Crippen LogP contribution in [-0.2, 0) is 26.9 Å². The maximum atomic E-state index is 12.7. The van der Waals surface area contributed by atoms with Crippen LogP contribution in [0.25, 0.3) is 0 Å². The molecule has 148 valence electrons. The van der Waals surface area contributed by atoms with Gasteiger partial charge in [0.1, 0.15) is 0 Å². The van der Waals surface area contributed by atoms with E-state index < -0.39 is 36.1 Å². The molecule has 0 saturated heterocycles. The molecule has 0 saturated carbocycles. The van der Waals surface area contributed by atoms with Crippen LogP contribution in [0.3, 0.4) is 0 Å². The van der Waals surface area contributed by atoms with E-state index in [2.05, 4.69) is 5.32 Å². The van der Waals surface area contributed by atoms with Gasteiger partial charge in [0, 0.05) is 11.3 Å². The van der Waals surface area contributed by atoms with E-state index in [9.17, 15) is 27.6 Å². The van der Waals surface area contributed by atoms with Crippen molar-refractivity contribution in [3.63, 3.8) is 0 Å². The van der Waals surface area contributed by atoms with Crippen molar-refractivity contribution in [1.82, 2.24) is 0 Å². The van der Waals surface area contributed by atoms with E-state index in [4.69, 9.17) is 4.74 Å². The number of esters is 1. The maximum Gasteiger partial charge on any atom is 0.416 e. The van der Waals surface area contributed by atoms with Gasteiger partial charge in [0.25, 0.3) is 5.91 Å². The first-order valence-electron chi connectivity index (χ1n) is 8.34. The zero-order chi connectivity index (χ0) is 20.9. The van der Waals surface area contributed by atoms with Crippen molar-refractivity contribution >= 4 is 23.3 Å². The Labute approximate surface area is 159 Å². The van der Waals surface area contributed by atoms with Gasteiger partial charge in [-0.05, 0) is 37.6 Å². The summed E-state index contributed by atoms with van der Waals surface area (Å²) in [5.41, 5.74) is 0.0287. The molecule has 0 spiro atoms. The van der Waals surface area contributed by atoms with Crippen LogP contribution in [0.5, 0.6) is 0 Å². The Bertz CT molecular complexity index is 893. The van der Waals surface area contributed by atoms with Crippen LogP contribution < -0.4 is 5.32 Å². The molecule has 2 aromatic carbocycles. The standard InChI is InChI=1S/C20H18F3NO4/c1-12(25)15-6-4-8-17(11-15)24-19(27)13(2)28-18(26)10-14-5-3-7-16(9-14)20(21,22)23/h3-9,11,13H,10H2,1-2H3,(H,24,27)/t13-/m0/s1. The summed E-state index contributed by atoms with van der Waals surface area (Å²) >= 11 is 0. The van der Waals surface area contributed by atoms with Crippen molar-refractivity contribution in [2.24, 2.45) is 0 Å². The third kappa shape index (κ3) is 5.94. The van der Waals surface area contributed by atoms with E-state index in [-0.39, 0.29) is 11.3 Å². The predicted molar refractivity (Wildman–Crippen MR) is 95.8 cm³/mol. The SMILES string of the molecule is CC(=O)c1cccc(NC(=O)[C@H](C)OC(=O)Cc2cccc(C(F)(F)F)c2)c1. The first-order valence-corrected chi connectivity index (χ1v) is 8.34. The summed E-state index contributed by atoms with van der Waals surface area (Å²) in [6, 6.07) is 10.6. The first-order chi connectivity index (χ1) is 13.1. The minimum absolute atomic E-state index is 0.126. The summed E-state index contributed by atoms with van der Waals surface area (Å²) in [4.78, 5) is 35.5. The molecule has 2 rings (SSSR count). The summed E-state index contributed by atoms with van der Waals surface area (Å²) < 4.78 is 43.1. The minimum Gasteiger partial charge on any atom is -0.452 e. The normalized spacial score (nSPS) is 12.2. The van der Waals surface area contributed by atoms with Gasteiger partial charge in [-0.25, -0.2) is 0 Å². The van der Waals surface area contributed by atoms with Gasteiger partial charge in [-0.1, -0.05) is 30.3 Å². The lowest BCUT2D eigenvalue weighted by atomic mass is 10.1. The molecule has 2 aromatic rings. The number of Topliss-reactive ketones (excluding diaryl/α,β-unsaturated/α-hetero) is 1. The highest BCUT2D eigenvalue weighted by atomic mass is 19.4. The number of amides is 1. The van der Waals surface area contributed by atoms with Crippen LogP contribution in [0, 0.1) is 0 Å². The molecule has 0 fully saturated rings. The van der Waals surface area contributed by atoms with E-state index in [1.54, 1.807) is 18.2 Å². The second kappa shape index (κ2) is 8.69. The van der Waals surface area contributed by atoms with Gasteiger partial charge < -0.3 is 10.1 Å². The van der Waals surface area contributed by atoms with Crippen LogP contribution in [-0.4, -0.2) is 23.8 Å². The number of anilines is 1. The van der Waals surface area contributed by atoms with Crippen LogP contribution in [0.1, 0.15) is 35.3 Å². The Morgan fingerprint density at radius 3 is 2.39 bits per heavy atom. The Morgan fingerprint density at radius 2 is 1.75 bits per heavy atom. The average molecular weight is 393 g/mol. The van der Waals surface area contributed by atoms with Gasteiger partial charge >= 0.3 is 12.1 Å². The summed E-state index contributed by atoms with van der Waals surface area (Å²) in [5, 5.41) is 2.52. The molecule has 0 heterocycles. The van der Waals surface area contributed by atoms with E-state index in [1.807, 2.05) is 0 Å². The van der Waals surface area contributed by atoms with E-state index >= 15 is 0 Å². The average Bonchev–Trinajstić information content (AvgIpc) is 2.61. The Morgan fingerprint density at radius 1 is 1.07 bits per heavy atom. The number of nitrogens with one attached hydrogen (secondary N) is 1. The highest BCUT2D eigenvalue weighted by Crippen LogP contribution is 2.29. The molecule has 0 aliphatic carbocycles. The summed E-state index contributed by atoms with van der Waals surface area (Å²) in [5.74, 6) is -1.63. The number of ketones is 1. The van der Waals surface area contributed by atoms with Crippen LogP contribution in [0.4, 0.5) is 18.9 Å². The molecule has 0 radical (unpaired) electrons. The molecule has 0 aliphatic rings. The molecule has 8 heteroatoms. The lowest BCUT2D eigenvalue weighted by Crippen LogP contribution is -2.30. The number of rotatable bonds is 6. The molecule has 0 unspecified atom stereocenters. The highest BCUT2D eigenvalue weighted by Gasteiger charge is 2.30. The van der Waals surface area contributed by atoms with Gasteiger partial charge in [-0.2, -0.15) is 13.2 Å². The molecular formula is C20H18F3NO4. The molecule has 28 heavy (non-hydrogen) atoms. The molecule has 0 aliphatic heterocycles. The largest absolute Gasteiger partial charge is 0.452 e. The Kier molecular flexibility index (Phi) is 6.56. The second-order valence-electron chi connectivity index (χ2n) is 6.13. The maximum absolute atomic E-state index is 12.7. The van der Waals surface area contributed by atoms with E-state index in [1.165, 1.54) is 32.0 Å². The van der Waals surface area contributed by atoms with Crippen LogP contribution >= 0.6 is 0 Å². The zero-order valence-electron chi connectivity index (χ0n) is 15.2. The lowest BCUT2D eigenvalue weighted by molar-refractivity contribution is -0.152. The van der Waals surface area contributed by atoms with Crippen molar-refractivity contribution in [3.05, 3.63) is 65.2 Å². The number of hydrogen-bond acceptors (Lipinski definition) is 4. The van der Waals surface area contributed by atoms with Crippen molar-refractivity contribution in [1.29, 1.82) is 0 Å². The van der Waals surface area contributed by atoms with Gasteiger partial charge in [-0.3, -0.25) is 14.4 Å². The van der Waals surface area contributed by atoms with Crippen LogP contribution in [0.15, 0.2) is 48.5 Å². The van der Waals surface area contributed by atoms with Crippen molar-refractivity contribution in [2.45, 2.75) is 32.5 Å². The quantitative estimate of drug-likeness (QED) is 0.594. The first kappa shape index (κ1) is 21.1. The third-order valence-electron chi connectivity index (χ3n) is 3.82. The third-order valence-corrected chi connectivity index (χ3v) is 3.82. The number of hydrogen-bond donors (Lipinski definition) is 1. The van der Waals surface area contributed by atoms with Crippen LogP contribution in [0.2, 0.25) is 0 Å². The van der Waals surface area contributed by atoms with Gasteiger partial charge in [0.2, 0.25) is 0 Å². The summed E-state index contributed by atoms with van der Waals surface area (Å²) in [6.07, 6.45) is -6.08. The molecule has 5 nitrogen and oxygen atoms in total. The fourth-order valence-corrected chi connectivity index (χ4v) is 2.38. The molecule has 1 atom stereocenters. The van der Waals surface area contributed by atoms with Gasteiger partial charge in [-0.15, -0.1) is 0 Å². The van der Waals surface area contributed by atoms with Crippen molar-refractivity contribution < 1.29 is 32.3 Å². The number of carbonyl (C=O) groups is 3. The highest BCUT2D eigenvalue weighted by molar-refractivity contribution is 5.98. The summed E-state index contributed by atoms with van der Waals surface area (Å²) in [6.45, 7) is 2.73. The van der Waals surface area contributed by atoms with Crippen molar-refractivity contribution in [3.8, 4) is 0 Å². The Balaban J connectivity index is 1.96. The second-order valence-corrected chi connectivity index (χ2v) is 6.13. The molecular weight excluding hydrogens is 375 g/mol. The van der Waals surface area contributed by atoms with Gasteiger partial charge in [0.15, 0.2) is 11.9 Å². The predicted octanol–water partition coefficient (Wildman–Crippen LogP) is 4.02. The van der Waals surface area contributed by atoms with E-state index in [0.29, 0.717) is 11.3 Å². The number of benzene rings is 2. The molecule has 1 amide bonds. The number of halogens is 3. The fourth-order valence-electron chi connectivity index (χ4n) is 2.38. The molecule has 0 bridgehead atoms. The summed E-state index contributed by atoms with van der Waals surface area (Å²) in [7, 11) is 0. The zero-order valence-corrected chi connectivity index (χ0v) is 15.2. The van der Waals surface area contributed by atoms with E-state index in [0.717, 1.165) is 12.1 Å². The topological polar surface area (TPSA) is 72.5 Å². The minimum atomic E-state index is -4.51. The number of ether oxygens (including phenoxy) is 1. The number of alkyl halides is 3. The number of carbonyl (C=O) groups excluding carboxylic acids is 3. The van der Waals surface area contributed by atoms with Crippen molar-refractivity contribution in [2.75, 3.05) is 5.32 Å². The van der Waals surface area contributed by atoms with Gasteiger partial charge in [0.05, 0.1) is 12.0 Å². The lowest BCUT2D eigenvalue weighted by Gasteiger charge is -2.14. The smallest absolute Gasteiger partial charge is 0.416 e. The molecule has 1 N–H and O–H groups in total. The monoisotopic (exact) mass is 393 g/mol. The molecule has 0 aromatic heterocycles. The Hall–Kier alpha value is -3.16. The fraction of sp³-hybridized carbons (Fsp3) is 0.250.